The quantitative estimate of drug-likeness (QED) is 0.682. The molecule has 0 saturated carbocycles. The monoisotopic (exact) mass is 255 g/mol. The average molecular weight is 255 g/mol. The molecule has 1 fully saturated rings. The minimum absolute atomic E-state index is 0.0000383. The molecule has 18 heavy (non-hydrogen) atoms. The molecule has 0 bridgehead atoms. The molecular formula is C12H21N3O3. The van der Waals surface area contributed by atoms with E-state index in [0.717, 1.165) is 6.42 Å². The molecule has 102 valence electrons. The summed E-state index contributed by atoms with van der Waals surface area (Å²) in [6.07, 6.45) is 0.789. The predicted molar refractivity (Wildman–Crippen MR) is 66.7 cm³/mol. The molecule has 0 spiro atoms. The molecular weight excluding hydrogens is 234 g/mol. The molecule has 1 saturated heterocycles. The van der Waals surface area contributed by atoms with Crippen LogP contribution in [-0.2, 0) is 14.4 Å². The van der Waals surface area contributed by atoms with Gasteiger partial charge in [0, 0.05) is 39.1 Å². The van der Waals surface area contributed by atoms with Crippen LogP contribution in [0.25, 0.3) is 0 Å². The van der Waals surface area contributed by atoms with Crippen molar-refractivity contribution in [3.05, 3.63) is 0 Å². The SMILES string of the molecule is CCC(C)NC(=O)C(=O)N1CCN(C(C)=O)CC1. The number of rotatable bonds is 2. The second-order valence-electron chi connectivity index (χ2n) is 4.58. The summed E-state index contributed by atoms with van der Waals surface area (Å²) in [6.45, 7) is 7.15. The Bertz CT molecular complexity index is 335. The van der Waals surface area contributed by atoms with E-state index < -0.39 is 11.8 Å². The van der Waals surface area contributed by atoms with Gasteiger partial charge in [-0.3, -0.25) is 14.4 Å². The molecule has 1 N–H and O–H groups in total. The maximum atomic E-state index is 11.8. The lowest BCUT2D eigenvalue weighted by molar-refractivity contribution is -0.148. The molecule has 1 aliphatic rings. The molecule has 0 aromatic heterocycles. The van der Waals surface area contributed by atoms with Crippen LogP contribution in [0.1, 0.15) is 27.2 Å². The van der Waals surface area contributed by atoms with Crippen molar-refractivity contribution in [2.45, 2.75) is 33.2 Å². The molecule has 0 aromatic carbocycles. The van der Waals surface area contributed by atoms with Gasteiger partial charge in [0.1, 0.15) is 0 Å². The summed E-state index contributed by atoms with van der Waals surface area (Å²) in [7, 11) is 0. The summed E-state index contributed by atoms with van der Waals surface area (Å²) in [4.78, 5) is 37.8. The Hall–Kier alpha value is -1.59. The van der Waals surface area contributed by atoms with E-state index in [2.05, 4.69) is 5.32 Å². The highest BCUT2D eigenvalue weighted by Gasteiger charge is 2.27. The molecule has 1 aliphatic heterocycles. The fourth-order valence-corrected chi connectivity index (χ4v) is 1.76. The molecule has 0 aliphatic carbocycles. The summed E-state index contributed by atoms with van der Waals surface area (Å²) in [5, 5.41) is 2.65. The first-order valence-corrected chi connectivity index (χ1v) is 6.31. The van der Waals surface area contributed by atoms with Crippen LogP contribution in [0, 0.1) is 0 Å². The first-order chi connectivity index (χ1) is 8.45. The maximum Gasteiger partial charge on any atom is 0.312 e. The Kier molecular flexibility index (Phi) is 5.12. The number of amides is 3. The molecule has 3 amide bonds. The fourth-order valence-electron chi connectivity index (χ4n) is 1.76. The van der Waals surface area contributed by atoms with E-state index in [-0.39, 0.29) is 11.9 Å². The minimum Gasteiger partial charge on any atom is -0.345 e. The molecule has 1 rings (SSSR count). The van der Waals surface area contributed by atoms with Gasteiger partial charge in [-0.05, 0) is 13.3 Å². The van der Waals surface area contributed by atoms with E-state index >= 15 is 0 Å². The standard InChI is InChI=1S/C12H21N3O3/c1-4-9(2)13-11(17)12(18)15-7-5-14(6-8-15)10(3)16/h9H,4-8H2,1-3H3,(H,13,17). The van der Waals surface area contributed by atoms with Crippen LogP contribution in [0.2, 0.25) is 0 Å². The molecule has 6 nitrogen and oxygen atoms in total. The molecule has 1 atom stereocenters. The summed E-state index contributed by atoms with van der Waals surface area (Å²) >= 11 is 0. The number of nitrogens with one attached hydrogen (secondary N) is 1. The van der Waals surface area contributed by atoms with Crippen molar-refractivity contribution in [3.63, 3.8) is 0 Å². The van der Waals surface area contributed by atoms with Gasteiger partial charge in [-0.1, -0.05) is 6.92 Å². The lowest BCUT2D eigenvalue weighted by atomic mass is 10.2. The van der Waals surface area contributed by atoms with Gasteiger partial charge in [0.15, 0.2) is 0 Å². The number of nitrogens with zero attached hydrogens (tertiary/aromatic N) is 2. The third-order valence-electron chi connectivity index (χ3n) is 3.20. The molecule has 1 heterocycles. The number of carbonyl (C=O) groups is 3. The summed E-state index contributed by atoms with van der Waals surface area (Å²) in [5.74, 6) is -1.05. The smallest absolute Gasteiger partial charge is 0.312 e. The number of carbonyl (C=O) groups excluding carboxylic acids is 3. The highest BCUT2D eigenvalue weighted by atomic mass is 16.2. The van der Waals surface area contributed by atoms with Crippen LogP contribution >= 0.6 is 0 Å². The van der Waals surface area contributed by atoms with Gasteiger partial charge in [-0.15, -0.1) is 0 Å². The van der Waals surface area contributed by atoms with Crippen molar-refractivity contribution in [1.29, 1.82) is 0 Å². The highest BCUT2D eigenvalue weighted by molar-refractivity contribution is 6.35. The number of hydrogen-bond donors (Lipinski definition) is 1. The van der Waals surface area contributed by atoms with E-state index in [0.29, 0.717) is 26.2 Å². The third kappa shape index (κ3) is 3.72. The molecule has 0 radical (unpaired) electrons. The summed E-state index contributed by atoms with van der Waals surface area (Å²) in [5.41, 5.74) is 0. The lowest BCUT2D eigenvalue weighted by Crippen LogP contribution is -2.54. The van der Waals surface area contributed by atoms with Gasteiger partial charge in [0.05, 0.1) is 0 Å². The Morgan fingerprint density at radius 2 is 1.61 bits per heavy atom. The number of hydrogen-bond acceptors (Lipinski definition) is 3. The van der Waals surface area contributed by atoms with Gasteiger partial charge in [-0.25, -0.2) is 0 Å². The van der Waals surface area contributed by atoms with Crippen LogP contribution in [0.5, 0.6) is 0 Å². The topological polar surface area (TPSA) is 69.7 Å². The molecule has 0 aromatic rings. The van der Waals surface area contributed by atoms with E-state index in [1.807, 2.05) is 13.8 Å². The van der Waals surface area contributed by atoms with Gasteiger partial charge in [0.2, 0.25) is 5.91 Å². The van der Waals surface area contributed by atoms with Crippen LogP contribution in [0.15, 0.2) is 0 Å². The Labute approximate surface area is 107 Å². The zero-order chi connectivity index (χ0) is 13.7. The van der Waals surface area contributed by atoms with Crippen molar-refractivity contribution < 1.29 is 14.4 Å². The van der Waals surface area contributed by atoms with E-state index in [4.69, 9.17) is 0 Å². The van der Waals surface area contributed by atoms with Crippen molar-refractivity contribution in [1.82, 2.24) is 15.1 Å². The normalized spacial score (nSPS) is 17.3. The van der Waals surface area contributed by atoms with Gasteiger partial charge < -0.3 is 15.1 Å². The number of piperazine rings is 1. The highest BCUT2D eigenvalue weighted by Crippen LogP contribution is 2.03. The van der Waals surface area contributed by atoms with Gasteiger partial charge in [-0.2, -0.15) is 0 Å². The van der Waals surface area contributed by atoms with Crippen molar-refractivity contribution in [2.24, 2.45) is 0 Å². The zero-order valence-electron chi connectivity index (χ0n) is 11.2. The van der Waals surface area contributed by atoms with E-state index in [9.17, 15) is 14.4 Å². The largest absolute Gasteiger partial charge is 0.345 e. The van der Waals surface area contributed by atoms with Crippen LogP contribution in [0.3, 0.4) is 0 Å². The van der Waals surface area contributed by atoms with Gasteiger partial charge >= 0.3 is 11.8 Å². The average Bonchev–Trinajstić information content (AvgIpc) is 2.37. The van der Waals surface area contributed by atoms with Crippen molar-refractivity contribution in [3.8, 4) is 0 Å². The Morgan fingerprint density at radius 1 is 1.11 bits per heavy atom. The first kappa shape index (κ1) is 14.5. The lowest BCUT2D eigenvalue weighted by Gasteiger charge is -2.33. The van der Waals surface area contributed by atoms with Crippen LogP contribution < -0.4 is 5.32 Å². The Morgan fingerprint density at radius 3 is 2.06 bits per heavy atom. The fraction of sp³-hybridized carbons (Fsp3) is 0.750. The second-order valence-corrected chi connectivity index (χ2v) is 4.58. The van der Waals surface area contributed by atoms with Crippen molar-refractivity contribution in [2.75, 3.05) is 26.2 Å². The van der Waals surface area contributed by atoms with E-state index in [1.165, 1.54) is 11.8 Å². The summed E-state index contributed by atoms with van der Waals surface area (Å²) < 4.78 is 0. The summed E-state index contributed by atoms with van der Waals surface area (Å²) in [6, 6.07) is -0.0000383. The first-order valence-electron chi connectivity index (χ1n) is 6.31. The Balaban J connectivity index is 2.45. The molecule has 6 heteroatoms. The zero-order valence-corrected chi connectivity index (χ0v) is 11.2. The van der Waals surface area contributed by atoms with Crippen LogP contribution in [-0.4, -0.2) is 59.7 Å². The predicted octanol–water partition coefficient (Wildman–Crippen LogP) is -0.408. The van der Waals surface area contributed by atoms with Crippen LogP contribution in [0.4, 0.5) is 0 Å². The van der Waals surface area contributed by atoms with Gasteiger partial charge in [0.25, 0.3) is 0 Å². The van der Waals surface area contributed by atoms with Crippen molar-refractivity contribution >= 4 is 17.7 Å². The third-order valence-corrected chi connectivity index (χ3v) is 3.20. The van der Waals surface area contributed by atoms with E-state index in [1.54, 1.807) is 4.90 Å². The minimum atomic E-state index is -0.555. The molecule has 1 unspecified atom stereocenters. The maximum absolute atomic E-state index is 11.8. The second kappa shape index (κ2) is 6.37.